The van der Waals surface area contributed by atoms with Gasteiger partial charge >= 0.3 is 0 Å². The Hall–Kier alpha value is -0.900. The van der Waals surface area contributed by atoms with E-state index in [4.69, 9.17) is 16.3 Å². The van der Waals surface area contributed by atoms with Crippen molar-refractivity contribution in [1.29, 1.82) is 0 Å². The molecule has 1 aromatic rings. The van der Waals surface area contributed by atoms with E-state index in [1.807, 2.05) is 12.2 Å². The summed E-state index contributed by atoms with van der Waals surface area (Å²) in [6.07, 6.45) is 5.50. The first-order valence-corrected chi connectivity index (χ1v) is 6.41. The molecule has 0 aliphatic carbocycles. The van der Waals surface area contributed by atoms with Crippen LogP contribution in [0.15, 0.2) is 30.4 Å². The fourth-order valence-corrected chi connectivity index (χ4v) is 1.71. The van der Waals surface area contributed by atoms with E-state index in [0.29, 0.717) is 12.0 Å². The van der Waals surface area contributed by atoms with Gasteiger partial charge in [0.05, 0.1) is 11.6 Å². The summed E-state index contributed by atoms with van der Waals surface area (Å²) >= 11 is 5.70. The van der Waals surface area contributed by atoms with Gasteiger partial charge in [-0.15, -0.1) is 0 Å². The normalized spacial score (nSPS) is 11.3. The molecule has 0 saturated carbocycles. The van der Waals surface area contributed by atoms with Crippen molar-refractivity contribution in [1.82, 2.24) is 5.32 Å². The van der Waals surface area contributed by atoms with Crippen molar-refractivity contribution in [2.45, 2.75) is 12.8 Å². The quantitative estimate of drug-likeness (QED) is 0.579. The first-order valence-electron chi connectivity index (χ1n) is 6.03. The Bertz CT molecular complexity index is 382. The largest absolute Gasteiger partial charge is 0.383 e. The van der Waals surface area contributed by atoms with Crippen molar-refractivity contribution >= 4 is 11.6 Å². The molecule has 0 aliphatic heterocycles. The average Bonchev–Trinajstić information content (AvgIpc) is 2.37. The van der Waals surface area contributed by atoms with Gasteiger partial charge in [0, 0.05) is 13.7 Å². The predicted molar refractivity (Wildman–Crippen MR) is 73.6 cm³/mol. The van der Waals surface area contributed by atoms with Crippen molar-refractivity contribution in [3.63, 3.8) is 0 Å². The van der Waals surface area contributed by atoms with Crippen LogP contribution in [0.25, 0.3) is 0 Å². The number of hydrogen-bond acceptors (Lipinski definition) is 2. The monoisotopic (exact) mass is 271 g/mol. The lowest BCUT2D eigenvalue weighted by molar-refractivity contribution is 0.199. The second kappa shape index (κ2) is 9.09. The first kappa shape index (κ1) is 15.2. The lowest BCUT2D eigenvalue weighted by Gasteiger charge is -2.02. The molecule has 1 N–H and O–H groups in total. The van der Waals surface area contributed by atoms with Gasteiger partial charge in [0.25, 0.3) is 0 Å². The minimum atomic E-state index is -0.318. The number of allylic oxidation sites excluding steroid dienone is 1. The molecular weight excluding hydrogens is 253 g/mol. The Morgan fingerprint density at radius 1 is 1.33 bits per heavy atom. The minimum Gasteiger partial charge on any atom is -0.383 e. The highest BCUT2D eigenvalue weighted by atomic mass is 35.5. The highest BCUT2D eigenvalue weighted by Gasteiger charge is 2.03. The summed E-state index contributed by atoms with van der Waals surface area (Å²) in [4.78, 5) is 0. The van der Waals surface area contributed by atoms with Crippen LogP contribution in [-0.2, 0) is 11.2 Å². The van der Waals surface area contributed by atoms with Gasteiger partial charge in [0.15, 0.2) is 0 Å². The number of hydrogen-bond donors (Lipinski definition) is 1. The third-order valence-electron chi connectivity index (χ3n) is 2.51. The van der Waals surface area contributed by atoms with Gasteiger partial charge in [0.2, 0.25) is 0 Å². The molecule has 0 fully saturated rings. The van der Waals surface area contributed by atoms with Gasteiger partial charge in [-0.25, -0.2) is 4.39 Å². The van der Waals surface area contributed by atoms with Gasteiger partial charge in [0.1, 0.15) is 5.82 Å². The number of methoxy groups -OCH3 is 1. The first-order chi connectivity index (χ1) is 8.75. The number of ether oxygens (including phenoxy) is 1. The molecule has 0 aromatic heterocycles. The fourth-order valence-electron chi connectivity index (χ4n) is 1.52. The molecule has 18 heavy (non-hydrogen) atoms. The van der Waals surface area contributed by atoms with E-state index < -0.39 is 0 Å². The second-order valence-electron chi connectivity index (χ2n) is 3.92. The van der Waals surface area contributed by atoms with Crippen LogP contribution < -0.4 is 5.32 Å². The third kappa shape index (κ3) is 5.63. The standard InChI is InChI=1S/C14H19ClFNO/c1-18-11-10-17-9-4-2-3-6-12-7-5-8-13(15)14(12)16/h2-3,5,7-8,17H,4,6,9-11H2,1H3/b3-2+. The zero-order chi connectivity index (χ0) is 13.2. The summed E-state index contributed by atoms with van der Waals surface area (Å²) in [5.41, 5.74) is 0.631. The van der Waals surface area contributed by atoms with Crippen LogP contribution in [0, 0.1) is 5.82 Å². The van der Waals surface area contributed by atoms with E-state index in [1.165, 1.54) is 0 Å². The summed E-state index contributed by atoms with van der Waals surface area (Å²) in [6, 6.07) is 5.08. The lowest BCUT2D eigenvalue weighted by atomic mass is 10.1. The number of halogens is 2. The maximum absolute atomic E-state index is 13.5. The Labute approximate surface area is 113 Å². The second-order valence-corrected chi connectivity index (χ2v) is 4.33. The molecule has 1 rings (SSSR count). The Morgan fingerprint density at radius 2 is 2.17 bits per heavy atom. The molecule has 0 atom stereocenters. The van der Waals surface area contributed by atoms with E-state index in [1.54, 1.807) is 25.3 Å². The van der Waals surface area contributed by atoms with Gasteiger partial charge < -0.3 is 10.1 Å². The molecule has 0 bridgehead atoms. The molecule has 0 heterocycles. The van der Waals surface area contributed by atoms with E-state index in [2.05, 4.69) is 5.32 Å². The zero-order valence-electron chi connectivity index (χ0n) is 10.6. The van der Waals surface area contributed by atoms with Gasteiger partial charge in [-0.1, -0.05) is 35.9 Å². The van der Waals surface area contributed by atoms with E-state index in [0.717, 1.165) is 26.1 Å². The third-order valence-corrected chi connectivity index (χ3v) is 2.80. The predicted octanol–water partition coefficient (Wildman–Crippen LogP) is 3.20. The Morgan fingerprint density at radius 3 is 2.94 bits per heavy atom. The van der Waals surface area contributed by atoms with Crippen molar-refractivity contribution in [2.24, 2.45) is 0 Å². The van der Waals surface area contributed by atoms with Crippen LogP contribution in [-0.4, -0.2) is 26.8 Å². The van der Waals surface area contributed by atoms with Gasteiger partial charge in [-0.2, -0.15) is 0 Å². The zero-order valence-corrected chi connectivity index (χ0v) is 11.3. The van der Waals surface area contributed by atoms with Gasteiger partial charge in [-0.05, 0) is 31.0 Å². The van der Waals surface area contributed by atoms with Crippen LogP contribution in [0.4, 0.5) is 4.39 Å². The van der Waals surface area contributed by atoms with Crippen LogP contribution in [0.5, 0.6) is 0 Å². The minimum absolute atomic E-state index is 0.183. The molecule has 0 aliphatic rings. The van der Waals surface area contributed by atoms with Crippen molar-refractivity contribution in [3.8, 4) is 0 Å². The van der Waals surface area contributed by atoms with Crippen molar-refractivity contribution in [3.05, 3.63) is 46.8 Å². The van der Waals surface area contributed by atoms with Crippen LogP contribution in [0.3, 0.4) is 0 Å². The van der Waals surface area contributed by atoms with Crippen LogP contribution >= 0.6 is 11.6 Å². The molecule has 0 spiro atoms. The van der Waals surface area contributed by atoms with Gasteiger partial charge in [-0.3, -0.25) is 0 Å². The molecule has 1 aromatic carbocycles. The smallest absolute Gasteiger partial charge is 0.145 e. The summed E-state index contributed by atoms with van der Waals surface area (Å²) in [5.74, 6) is -0.318. The Balaban J connectivity index is 2.22. The molecule has 100 valence electrons. The topological polar surface area (TPSA) is 21.3 Å². The van der Waals surface area contributed by atoms with Crippen molar-refractivity contribution < 1.29 is 9.13 Å². The summed E-state index contributed by atoms with van der Waals surface area (Å²) in [7, 11) is 1.68. The maximum atomic E-state index is 13.5. The maximum Gasteiger partial charge on any atom is 0.145 e. The molecule has 0 amide bonds. The van der Waals surface area contributed by atoms with E-state index in [-0.39, 0.29) is 10.8 Å². The molecule has 0 unspecified atom stereocenters. The SMILES string of the molecule is COCCNCC/C=C/Cc1cccc(Cl)c1F. The molecule has 0 saturated heterocycles. The number of nitrogens with one attached hydrogen (secondary N) is 1. The molecule has 2 nitrogen and oxygen atoms in total. The molecule has 4 heteroatoms. The summed E-state index contributed by atoms with van der Waals surface area (Å²) < 4.78 is 18.4. The summed E-state index contributed by atoms with van der Waals surface area (Å²) in [6.45, 7) is 2.47. The van der Waals surface area contributed by atoms with Crippen molar-refractivity contribution in [2.75, 3.05) is 26.8 Å². The fraction of sp³-hybridized carbons (Fsp3) is 0.429. The van der Waals surface area contributed by atoms with Crippen LogP contribution in [0.1, 0.15) is 12.0 Å². The summed E-state index contributed by atoms with van der Waals surface area (Å²) in [5, 5.41) is 3.42. The number of benzene rings is 1. The highest BCUT2D eigenvalue weighted by molar-refractivity contribution is 6.30. The molecule has 0 radical (unpaired) electrons. The Kier molecular flexibility index (Phi) is 7.65. The highest BCUT2D eigenvalue weighted by Crippen LogP contribution is 2.18. The van der Waals surface area contributed by atoms with E-state index >= 15 is 0 Å². The lowest BCUT2D eigenvalue weighted by Crippen LogP contribution is -2.19. The molecular formula is C14H19ClFNO. The average molecular weight is 272 g/mol. The van der Waals surface area contributed by atoms with E-state index in [9.17, 15) is 4.39 Å². The van der Waals surface area contributed by atoms with Crippen LogP contribution in [0.2, 0.25) is 5.02 Å². The number of rotatable bonds is 8.